The van der Waals surface area contributed by atoms with Gasteiger partial charge in [-0.15, -0.1) is 0 Å². The van der Waals surface area contributed by atoms with Crippen LogP contribution in [0.15, 0.2) is 23.1 Å². The summed E-state index contributed by atoms with van der Waals surface area (Å²) in [5.74, 6) is 1.86. The monoisotopic (exact) mass is 209 g/mol. The van der Waals surface area contributed by atoms with Crippen molar-refractivity contribution in [3.8, 4) is 0 Å². The van der Waals surface area contributed by atoms with Gasteiger partial charge in [-0.25, -0.2) is 8.78 Å². The van der Waals surface area contributed by atoms with Crippen LogP contribution in [-0.4, -0.2) is 8.42 Å². The lowest BCUT2D eigenvalue weighted by Crippen LogP contribution is -2.14. The molecular weight excluding hydrogens is 204 g/mol. The molecule has 0 heterocycles. The van der Waals surface area contributed by atoms with E-state index in [-0.39, 0.29) is 0 Å². The molecule has 1 rings (SSSR count). The van der Waals surface area contributed by atoms with Gasteiger partial charge >= 0.3 is 10.1 Å². The molecule has 0 unspecified atom stereocenters. The minimum Gasteiger partial charge on any atom is -0.205 e. The standard InChI is InChI=1S/C6H5F2NO3S/c7-4-2-1-3-5(8)6(4)13(10,11)12-9/h1-3H,9H2. The molecule has 0 radical (unpaired) electrons. The van der Waals surface area contributed by atoms with Crippen molar-refractivity contribution in [2.24, 2.45) is 5.90 Å². The van der Waals surface area contributed by atoms with E-state index in [1.165, 1.54) is 0 Å². The summed E-state index contributed by atoms with van der Waals surface area (Å²) in [6, 6.07) is 2.60. The van der Waals surface area contributed by atoms with Gasteiger partial charge in [0.15, 0.2) is 4.90 Å². The molecule has 0 saturated heterocycles. The highest BCUT2D eigenvalue weighted by molar-refractivity contribution is 7.86. The third-order valence-corrected chi connectivity index (χ3v) is 2.44. The van der Waals surface area contributed by atoms with E-state index in [2.05, 4.69) is 10.2 Å². The van der Waals surface area contributed by atoms with Gasteiger partial charge in [-0.1, -0.05) is 6.07 Å². The van der Waals surface area contributed by atoms with E-state index in [1.54, 1.807) is 0 Å². The van der Waals surface area contributed by atoms with E-state index in [4.69, 9.17) is 0 Å². The van der Waals surface area contributed by atoms with E-state index in [0.29, 0.717) is 0 Å². The van der Waals surface area contributed by atoms with Gasteiger partial charge in [0.05, 0.1) is 0 Å². The molecule has 2 N–H and O–H groups in total. The van der Waals surface area contributed by atoms with Crippen molar-refractivity contribution < 1.29 is 21.5 Å². The molecule has 0 atom stereocenters. The van der Waals surface area contributed by atoms with Crippen LogP contribution in [0.5, 0.6) is 0 Å². The van der Waals surface area contributed by atoms with Crippen molar-refractivity contribution in [2.45, 2.75) is 4.90 Å². The van der Waals surface area contributed by atoms with E-state index >= 15 is 0 Å². The Balaban J connectivity index is 3.46. The van der Waals surface area contributed by atoms with E-state index in [0.717, 1.165) is 18.2 Å². The molecule has 4 nitrogen and oxygen atoms in total. The van der Waals surface area contributed by atoms with Gasteiger partial charge in [0.25, 0.3) is 0 Å². The summed E-state index contributed by atoms with van der Waals surface area (Å²) in [6.07, 6.45) is 0. The highest BCUT2D eigenvalue weighted by atomic mass is 32.2. The van der Waals surface area contributed by atoms with Crippen molar-refractivity contribution in [3.63, 3.8) is 0 Å². The number of hydrogen-bond donors (Lipinski definition) is 1. The summed E-state index contributed by atoms with van der Waals surface area (Å²) >= 11 is 0. The summed E-state index contributed by atoms with van der Waals surface area (Å²) in [7, 11) is -4.53. The molecule has 7 heteroatoms. The fourth-order valence-electron chi connectivity index (χ4n) is 0.769. The van der Waals surface area contributed by atoms with Crippen LogP contribution in [0, 0.1) is 11.6 Å². The van der Waals surface area contributed by atoms with Crippen molar-refractivity contribution in [3.05, 3.63) is 29.8 Å². The Morgan fingerprint density at radius 2 is 1.69 bits per heavy atom. The summed E-state index contributed by atoms with van der Waals surface area (Å²) in [5, 5.41) is 0. The Labute approximate surface area is 73.0 Å². The number of nitrogens with two attached hydrogens (primary N) is 1. The number of benzene rings is 1. The first-order valence-electron chi connectivity index (χ1n) is 3.06. The zero-order valence-electron chi connectivity index (χ0n) is 6.20. The first kappa shape index (κ1) is 10.0. The lowest BCUT2D eigenvalue weighted by molar-refractivity contribution is 0.327. The van der Waals surface area contributed by atoms with Crippen LogP contribution >= 0.6 is 0 Å². The Bertz CT molecular complexity index is 398. The zero-order valence-corrected chi connectivity index (χ0v) is 7.01. The Hall–Kier alpha value is -1.05. The van der Waals surface area contributed by atoms with Gasteiger partial charge in [0, 0.05) is 0 Å². The van der Waals surface area contributed by atoms with Crippen LogP contribution in [0.25, 0.3) is 0 Å². The van der Waals surface area contributed by atoms with Crippen LogP contribution in [0.3, 0.4) is 0 Å². The fraction of sp³-hybridized carbons (Fsp3) is 0. The van der Waals surface area contributed by atoms with Gasteiger partial charge < -0.3 is 0 Å². The largest absolute Gasteiger partial charge is 0.318 e. The van der Waals surface area contributed by atoms with E-state index < -0.39 is 26.6 Å². The molecule has 0 saturated carbocycles. The van der Waals surface area contributed by atoms with E-state index in [9.17, 15) is 17.2 Å². The predicted molar refractivity (Wildman–Crippen MR) is 38.8 cm³/mol. The third-order valence-electron chi connectivity index (χ3n) is 1.30. The predicted octanol–water partition coefficient (Wildman–Crippen LogP) is 0.544. The van der Waals surface area contributed by atoms with Crippen molar-refractivity contribution >= 4 is 10.1 Å². The SMILES string of the molecule is NOS(=O)(=O)c1c(F)cccc1F. The molecule has 0 aliphatic heterocycles. The number of hydrogen-bond acceptors (Lipinski definition) is 4. The molecule has 0 fully saturated rings. The van der Waals surface area contributed by atoms with Crippen molar-refractivity contribution in [1.82, 2.24) is 0 Å². The molecule has 0 aromatic heterocycles. The topological polar surface area (TPSA) is 69.4 Å². The molecule has 72 valence electrons. The zero-order chi connectivity index (χ0) is 10.1. The summed E-state index contributed by atoms with van der Waals surface area (Å²) < 4.78 is 50.7. The molecule has 0 spiro atoms. The Kier molecular flexibility index (Phi) is 2.60. The molecule has 0 aliphatic carbocycles. The van der Waals surface area contributed by atoms with Gasteiger partial charge in [-0.05, 0) is 12.1 Å². The molecule has 1 aromatic carbocycles. The molecule has 0 aliphatic rings. The summed E-state index contributed by atoms with van der Waals surface area (Å²) in [5.41, 5.74) is 0. The first-order chi connectivity index (χ1) is 5.99. The summed E-state index contributed by atoms with van der Waals surface area (Å²) in [4.78, 5) is -1.18. The van der Waals surface area contributed by atoms with Gasteiger partial charge in [0.1, 0.15) is 11.6 Å². The minimum atomic E-state index is -4.53. The molecule has 0 amide bonds. The van der Waals surface area contributed by atoms with Crippen LogP contribution < -0.4 is 5.90 Å². The maximum Gasteiger partial charge on any atom is 0.318 e. The fourth-order valence-corrected chi connectivity index (χ4v) is 1.48. The maximum absolute atomic E-state index is 12.8. The first-order valence-corrected chi connectivity index (χ1v) is 4.47. The number of rotatable bonds is 2. The normalized spacial score (nSPS) is 11.6. The van der Waals surface area contributed by atoms with Gasteiger partial charge in [-0.3, -0.25) is 0 Å². The summed E-state index contributed by atoms with van der Waals surface area (Å²) in [6.45, 7) is 0. The average molecular weight is 209 g/mol. The smallest absolute Gasteiger partial charge is 0.205 e. The second-order valence-electron chi connectivity index (χ2n) is 2.10. The highest BCUT2D eigenvalue weighted by Crippen LogP contribution is 2.18. The van der Waals surface area contributed by atoms with Crippen LogP contribution in [0.2, 0.25) is 0 Å². The maximum atomic E-state index is 12.8. The molecule has 0 bridgehead atoms. The van der Waals surface area contributed by atoms with Crippen LogP contribution in [0.1, 0.15) is 0 Å². The Morgan fingerprint density at radius 3 is 2.08 bits per heavy atom. The minimum absolute atomic E-state index is 0.787. The Morgan fingerprint density at radius 1 is 1.23 bits per heavy atom. The lowest BCUT2D eigenvalue weighted by atomic mass is 10.3. The quantitative estimate of drug-likeness (QED) is 0.722. The van der Waals surface area contributed by atoms with Gasteiger partial charge in [-0.2, -0.15) is 18.6 Å². The molecular formula is C6H5F2NO3S. The third kappa shape index (κ3) is 1.82. The van der Waals surface area contributed by atoms with E-state index in [1.807, 2.05) is 0 Å². The van der Waals surface area contributed by atoms with Crippen LogP contribution in [0.4, 0.5) is 8.78 Å². The van der Waals surface area contributed by atoms with Crippen molar-refractivity contribution in [2.75, 3.05) is 0 Å². The lowest BCUT2D eigenvalue weighted by Gasteiger charge is -2.02. The van der Waals surface area contributed by atoms with Crippen LogP contribution in [-0.2, 0) is 14.4 Å². The molecule has 13 heavy (non-hydrogen) atoms. The number of halogens is 2. The van der Waals surface area contributed by atoms with Gasteiger partial charge in [0.2, 0.25) is 0 Å². The second kappa shape index (κ2) is 3.36. The molecule has 1 aromatic rings. The second-order valence-corrected chi connectivity index (χ2v) is 3.61. The highest BCUT2D eigenvalue weighted by Gasteiger charge is 2.23. The van der Waals surface area contributed by atoms with Crippen molar-refractivity contribution in [1.29, 1.82) is 0 Å². The average Bonchev–Trinajstić information content (AvgIpc) is 2.03.